The first kappa shape index (κ1) is 28.8. The van der Waals surface area contributed by atoms with Crippen molar-refractivity contribution >= 4 is 24.9 Å². The molecule has 41 heavy (non-hydrogen) atoms. The fourth-order valence-corrected chi connectivity index (χ4v) is 6.33. The number of imidazole rings is 1. The van der Waals surface area contributed by atoms with Crippen LogP contribution >= 0.6 is 7.75 Å². The van der Waals surface area contributed by atoms with E-state index in [0.29, 0.717) is 22.8 Å². The number of benzene rings is 1. The Balaban J connectivity index is 1.37. The number of esters is 1. The van der Waals surface area contributed by atoms with E-state index in [1.165, 1.54) is 19.3 Å². The number of hydrogen-bond acceptors (Lipinski definition) is 11. The third-order valence-corrected chi connectivity index (χ3v) is 8.41. The molecule has 5 rings (SSSR count). The van der Waals surface area contributed by atoms with E-state index in [-0.39, 0.29) is 42.4 Å². The molecule has 0 unspecified atom stereocenters. The summed E-state index contributed by atoms with van der Waals surface area (Å²) in [6.45, 7) is 10.4. The third-order valence-electron chi connectivity index (χ3n) is 6.78. The van der Waals surface area contributed by atoms with Gasteiger partial charge < -0.3 is 33.4 Å². The highest BCUT2D eigenvalue weighted by Crippen LogP contribution is 2.52. The van der Waals surface area contributed by atoms with Gasteiger partial charge in [0.2, 0.25) is 12.5 Å². The maximum absolute atomic E-state index is 14.1. The minimum atomic E-state index is -4.28. The van der Waals surface area contributed by atoms with Crippen LogP contribution in [0, 0.1) is 12.8 Å². The van der Waals surface area contributed by atoms with E-state index in [2.05, 4.69) is 26.6 Å². The van der Waals surface area contributed by atoms with Crippen molar-refractivity contribution in [2.75, 3.05) is 13.4 Å². The number of aryl methyl sites for hydroxylation is 1. The summed E-state index contributed by atoms with van der Waals surface area (Å²) in [5.41, 5.74) is 0.724. The predicted octanol–water partition coefficient (Wildman–Crippen LogP) is 2.77. The number of carbonyl (C=O) groups excluding carboxylic acids is 1. The average Bonchev–Trinajstić information content (AvgIpc) is 3.60. The molecule has 2 aliphatic rings. The molecule has 1 aliphatic carbocycles. The topological polar surface area (TPSA) is 176 Å². The Bertz CT molecular complexity index is 1590. The summed E-state index contributed by atoms with van der Waals surface area (Å²) >= 11 is 0. The number of hydrogen-bond donors (Lipinski definition) is 3. The van der Waals surface area contributed by atoms with Gasteiger partial charge in [-0.2, -0.15) is 5.09 Å². The number of ether oxygens (including phenoxy) is 3. The van der Waals surface area contributed by atoms with E-state index in [1.54, 1.807) is 37.5 Å². The summed E-state index contributed by atoms with van der Waals surface area (Å²) in [6, 6.07) is 3.31. The van der Waals surface area contributed by atoms with Gasteiger partial charge in [0, 0.05) is 5.92 Å². The van der Waals surface area contributed by atoms with Gasteiger partial charge in [0.25, 0.3) is 5.56 Å². The lowest BCUT2D eigenvalue weighted by Crippen LogP contribution is -2.36. The highest BCUT2D eigenvalue weighted by atomic mass is 31.2. The van der Waals surface area contributed by atoms with E-state index in [9.17, 15) is 19.3 Å². The van der Waals surface area contributed by atoms with E-state index in [1.807, 2.05) is 0 Å². The monoisotopic (exact) mass is 589 g/mol. The number of rotatable bonds is 10. The highest BCUT2D eigenvalue weighted by Gasteiger charge is 2.42. The van der Waals surface area contributed by atoms with Gasteiger partial charge in [-0.3, -0.25) is 14.1 Å². The summed E-state index contributed by atoms with van der Waals surface area (Å²) in [6.07, 6.45) is 0.396. The van der Waals surface area contributed by atoms with Crippen molar-refractivity contribution in [1.29, 1.82) is 0 Å². The molecule has 1 fully saturated rings. The van der Waals surface area contributed by atoms with Crippen LogP contribution in [0.3, 0.4) is 0 Å². The number of fused-ring (bicyclic) bond motifs is 2. The molecule has 14 nitrogen and oxygen atoms in total. The average molecular weight is 590 g/mol. The van der Waals surface area contributed by atoms with E-state index in [4.69, 9.17) is 23.3 Å². The Hall–Kier alpha value is -3.71. The van der Waals surface area contributed by atoms with Gasteiger partial charge in [0.05, 0.1) is 31.2 Å². The predicted molar refractivity (Wildman–Crippen MR) is 146 cm³/mol. The van der Waals surface area contributed by atoms with Gasteiger partial charge in [0.15, 0.2) is 22.7 Å². The minimum absolute atomic E-state index is 0.0376. The normalized spacial score (nSPS) is 22.2. The maximum atomic E-state index is 14.1. The number of H-pyrrole nitrogens is 1. The van der Waals surface area contributed by atoms with E-state index < -0.39 is 43.9 Å². The van der Waals surface area contributed by atoms with Gasteiger partial charge >= 0.3 is 13.7 Å². The molecule has 2 aromatic heterocycles. The first-order valence-electron chi connectivity index (χ1n) is 13.1. The molecule has 3 aromatic rings. The molecule has 0 radical (unpaired) electrons. The second-order valence-electron chi connectivity index (χ2n) is 10.2. The number of aliphatic hydroxyl groups excluding tert-OH is 1. The van der Waals surface area contributed by atoms with Crippen LogP contribution in [0.4, 0.5) is 0 Å². The second kappa shape index (κ2) is 11.3. The first-order chi connectivity index (χ1) is 19.5. The highest BCUT2D eigenvalue weighted by molar-refractivity contribution is 7.52. The number of nitrogens with one attached hydrogen (secondary N) is 2. The lowest BCUT2D eigenvalue weighted by Gasteiger charge is -2.26. The van der Waals surface area contributed by atoms with Gasteiger partial charge in [-0.1, -0.05) is 12.6 Å². The molecule has 3 N–H and O–H groups in total. The smallest absolute Gasteiger partial charge is 0.459 e. The Morgan fingerprint density at radius 1 is 1.34 bits per heavy atom. The molecule has 0 amide bonds. The van der Waals surface area contributed by atoms with E-state index >= 15 is 0 Å². The first-order valence-corrected chi connectivity index (χ1v) is 14.6. The fourth-order valence-electron chi connectivity index (χ4n) is 4.81. The van der Waals surface area contributed by atoms with Gasteiger partial charge in [-0.05, 0) is 51.8 Å². The summed E-state index contributed by atoms with van der Waals surface area (Å²) in [7, 11) is -4.28. The summed E-state index contributed by atoms with van der Waals surface area (Å²) < 4.78 is 43.5. The Labute approximate surface area is 235 Å². The van der Waals surface area contributed by atoms with Crippen LogP contribution < -0.4 is 24.6 Å². The number of aromatic nitrogens is 4. The fraction of sp³-hybridized carbons (Fsp3) is 0.462. The minimum Gasteiger partial charge on any atom is -0.462 e. The molecule has 1 aromatic carbocycles. The molecule has 3 heterocycles. The number of aromatic amines is 1. The lowest BCUT2D eigenvalue weighted by molar-refractivity contribution is -0.149. The zero-order chi connectivity index (χ0) is 29.5. The van der Waals surface area contributed by atoms with Crippen molar-refractivity contribution in [1.82, 2.24) is 24.6 Å². The standard InChI is InChI=1S/C26H32N5O9P/c1-13(2)39-26(34)15(4)30-41(35,40-21-8-6-7-20-23(21)37-12-36-20)38-10-17-14(3)18(9-19(17)32)31-11-27-22-24(31)28-16(5)29-25(22)33/h6-8,11,13,15,17-19,32H,3,9-10,12H2,1-2,4-5H3,(H,30,35)(H,28,29,33)/t15-,17-,18-,19-,41+/m0/s1. The second-order valence-corrected chi connectivity index (χ2v) is 11.9. The van der Waals surface area contributed by atoms with Crippen LogP contribution in [-0.4, -0.2) is 62.2 Å². The molecule has 15 heteroatoms. The molecule has 5 atom stereocenters. The maximum Gasteiger partial charge on any atom is 0.459 e. The molecule has 1 aliphatic heterocycles. The van der Waals surface area contributed by atoms with Crippen molar-refractivity contribution in [2.45, 2.75) is 58.4 Å². The Morgan fingerprint density at radius 2 is 2.12 bits per heavy atom. The summed E-state index contributed by atoms with van der Waals surface area (Å²) in [4.78, 5) is 36.0. The summed E-state index contributed by atoms with van der Waals surface area (Å²) in [5.74, 6) is -0.173. The lowest BCUT2D eigenvalue weighted by atomic mass is 10.0. The largest absolute Gasteiger partial charge is 0.462 e. The van der Waals surface area contributed by atoms with Crippen molar-refractivity contribution in [2.24, 2.45) is 5.92 Å². The van der Waals surface area contributed by atoms with Crippen molar-refractivity contribution in [3.05, 3.63) is 52.9 Å². The van der Waals surface area contributed by atoms with Gasteiger partial charge in [0.1, 0.15) is 11.9 Å². The molecule has 0 bridgehead atoms. The van der Waals surface area contributed by atoms with Crippen LogP contribution in [-0.2, 0) is 18.6 Å². The Kier molecular flexibility index (Phi) is 7.93. The van der Waals surface area contributed by atoms with Crippen molar-refractivity contribution in [3.8, 4) is 17.2 Å². The third kappa shape index (κ3) is 5.87. The molecular weight excluding hydrogens is 557 g/mol. The molecule has 0 spiro atoms. The van der Waals surface area contributed by atoms with Gasteiger partial charge in [-0.15, -0.1) is 0 Å². The number of carbonyl (C=O) groups is 1. The molecular formula is C26H32N5O9P. The number of aliphatic hydroxyl groups is 1. The zero-order valence-electron chi connectivity index (χ0n) is 23.0. The SMILES string of the molecule is C=C1[C@H](CO[P@](=O)(N[C@@H](C)C(=O)OC(C)C)Oc2cccc3c2OCO3)[C@@H](O)C[C@@H]1n1cnc2c(=O)[nH]c(C)nc21. The zero-order valence-corrected chi connectivity index (χ0v) is 23.9. The van der Waals surface area contributed by atoms with Crippen LogP contribution in [0.2, 0.25) is 0 Å². The van der Waals surface area contributed by atoms with Gasteiger partial charge in [-0.25, -0.2) is 14.5 Å². The van der Waals surface area contributed by atoms with Crippen LogP contribution in [0.25, 0.3) is 11.2 Å². The van der Waals surface area contributed by atoms with Crippen LogP contribution in [0.15, 0.2) is 41.5 Å². The molecule has 220 valence electrons. The van der Waals surface area contributed by atoms with Crippen LogP contribution in [0.1, 0.15) is 39.1 Å². The van der Waals surface area contributed by atoms with Crippen molar-refractivity contribution in [3.63, 3.8) is 0 Å². The summed E-state index contributed by atoms with van der Waals surface area (Å²) in [5, 5.41) is 13.6. The van der Waals surface area contributed by atoms with Crippen LogP contribution in [0.5, 0.6) is 17.2 Å². The number of nitrogens with zero attached hydrogens (tertiary/aromatic N) is 3. The quantitative estimate of drug-likeness (QED) is 0.179. The Morgan fingerprint density at radius 3 is 2.88 bits per heavy atom. The molecule has 0 saturated heterocycles. The van der Waals surface area contributed by atoms with Crippen molar-refractivity contribution < 1.29 is 37.7 Å². The van der Waals surface area contributed by atoms with E-state index in [0.717, 1.165) is 0 Å². The molecule has 1 saturated carbocycles. The number of para-hydroxylation sites is 1.